The highest BCUT2D eigenvalue weighted by Gasteiger charge is 2.30. The van der Waals surface area contributed by atoms with Crippen LogP contribution in [0.4, 0.5) is 0 Å². The molecule has 1 fully saturated rings. The van der Waals surface area contributed by atoms with Gasteiger partial charge in [0.1, 0.15) is 5.25 Å². The molecule has 4 rings (SSSR count). The first-order chi connectivity index (χ1) is 10.7. The van der Waals surface area contributed by atoms with Crippen molar-refractivity contribution in [2.24, 2.45) is 0 Å². The first-order valence-electron chi connectivity index (χ1n) is 7.35. The molecule has 1 saturated carbocycles. The summed E-state index contributed by atoms with van der Waals surface area (Å²) < 4.78 is 2.69. The van der Waals surface area contributed by atoms with Gasteiger partial charge in [-0.15, -0.1) is 23.1 Å². The Morgan fingerprint density at radius 3 is 3.23 bits per heavy atom. The number of hydrogen-bond donors (Lipinski definition) is 2. The molecular weight excluding hydrogens is 336 g/mol. The molecule has 0 radical (unpaired) electrons. The summed E-state index contributed by atoms with van der Waals surface area (Å²) in [4.78, 5) is 13.9. The van der Waals surface area contributed by atoms with E-state index in [0.717, 1.165) is 30.8 Å². The first kappa shape index (κ1) is 14.5. The van der Waals surface area contributed by atoms with Crippen LogP contribution in [0, 0.1) is 4.77 Å². The molecule has 1 aliphatic heterocycles. The van der Waals surface area contributed by atoms with Crippen molar-refractivity contribution in [2.75, 3.05) is 5.75 Å². The van der Waals surface area contributed by atoms with Crippen LogP contribution in [0.15, 0.2) is 11.4 Å². The zero-order valence-corrected chi connectivity index (χ0v) is 14.3. The average Bonchev–Trinajstić information content (AvgIpc) is 3.11. The minimum atomic E-state index is -0.0914. The highest BCUT2D eigenvalue weighted by Crippen LogP contribution is 2.39. The van der Waals surface area contributed by atoms with Gasteiger partial charge in [-0.2, -0.15) is 5.10 Å². The Morgan fingerprint density at radius 2 is 2.41 bits per heavy atom. The van der Waals surface area contributed by atoms with Crippen molar-refractivity contribution in [3.8, 4) is 0 Å². The molecule has 0 unspecified atom stereocenters. The third kappa shape index (κ3) is 2.63. The van der Waals surface area contributed by atoms with Crippen molar-refractivity contribution in [1.82, 2.24) is 20.1 Å². The molecule has 0 spiro atoms. The van der Waals surface area contributed by atoms with E-state index in [2.05, 4.69) is 27.0 Å². The molecule has 0 aromatic carbocycles. The fourth-order valence-corrected chi connectivity index (χ4v) is 5.41. The number of rotatable bonds is 4. The molecule has 3 heterocycles. The van der Waals surface area contributed by atoms with Crippen LogP contribution < -0.4 is 5.32 Å². The SMILES string of the molecule is O=C(NCc1n[nH]c(=S)n1C1CC1)[C@@H]1SCCc2sccc21. The summed E-state index contributed by atoms with van der Waals surface area (Å²) in [5, 5.41) is 12.1. The van der Waals surface area contributed by atoms with Crippen molar-refractivity contribution in [1.29, 1.82) is 0 Å². The second kappa shape index (κ2) is 5.82. The van der Waals surface area contributed by atoms with Gasteiger partial charge in [-0.25, -0.2) is 0 Å². The van der Waals surface area contributed by atoms with Crippen LogP contribution >= 0.6 is 35.3 Å². The Labute approximate surface area is 141 Å². The number of aromatic amines is 1. The van der Waals surface area contributed by atoms with E-state index in [9.17, 15) is 4.79 Å². The molecule has 1 amide bonds. The lowest BCUT2D eigenvalue weighted by atomic mass is 10.1. The predicted octanol–water partition coefficient (Wildman–Crippen LogP) is 2.98. The van der Waals surface area contributed by atoms with Crippen molar-refractivity contribution in [3.63, 3.8) is 0 Å². The average molecular weight is 353 g/mol. The lowest BCUT2D eigenvalue weighted by Gasteiger charge is -2.21. The molecule has 116 valence electrons. The van der Waals surface area contributed by atoms with Crippen molar-refractivity contribution in [2.45, 2.75) is 37.1 Å². The molecule has 1 aliphatic carbocycles. The second-order valence-electron chi connectivity index (χ2n) is 5.56. The number of hydrogen-bond acceptors (Lipinski definition) is 5. The highest BCUT2D eigenvalue weighted by molar-refractivity contribution is 8.00. The largest absolute Gasteiger partial charge is 0.348 e. The maximum atomic E-state index is 12.5. The molecule has 2 N–H and O–H groups in total. The van der Waals surface area contributed by atoms with E-state index in [-0.39, 0.29) is 11.2 Å². The van der Waals surface area contributed by atoms with Crippen LogP contribution in [0.3, 0.4) is 0 Å². The standard InChI is InChI=1S/C14H16N4OS3/c19-13(12-9-3-5-21-10(9)4-6-22-12)15-7-11-16-17-14(20)18(11)8-1-2-8/h3,5,8,12H,1-2,4,6-7H2,(H,15,19)(H,17,20)/t12-/m1/s1. The van der Waals surface area contributed by atoms with Crippen LogP contribution in [0.5, 0.6) is 0 Å². The molecule has 0 bridgehead atoms. The Hall–Kier alpha value is -1.12. The molecule has 8 heteroatoms. The minimum absolute atomic E-state index is 0.0700. The van der Waals surface area contributed by atoms with E-state index < -0.39 is 0 Å². The predicted molar refractivity (Wildman–Crippen MR) is 90.8 cm³/mol. The number of aryl methyl sites for hydroxylation is 1. The smallest absolute Gasteiger partial charge is 0.238 e. The molecule has 2 aliphatic rings. The second-order valence-corrected chi connectivity index (χ2v) is 8.16. The Bertz CT molecular complexity index is 758. The summed E-state index contributed by atoms with van der Waals surface area (Å²) >= 11 is 8.74. The fourth-order valence-electron chi connectivity index (χ4n) is 2.79. The van der Waals surface area contributed by atoms with E-state index >= 15 is 0 Å². The Morgan fingerprint density at radius 1 is 1.55 bits per heavy atom. The van der Waals surface area contributed by atoms with Gasteiger partial charge in [0.05, 0.1) is 6.54 Å². The summed E-state index contributed by atoms with van der Waals surface area (Å²) in [6.07, 6.45) is 3.36. The van der Waals surface area contributed by atoms with Gasteiger partial charge in [-0.3, -0.25) is 14.5 Å². The van der Waals surface area contributed by atoms with Crippen molar-refractivity contribution < 1.29 is 4.79 Å². The topological polar surface area (TPSA) is 62.7 Å². The number of amides is 1. The first-order valence-corrected chi connectivity index (χ1v) is 9.69. The lowest BCUT2D eigenvalue weighted by molar-refractivity contribution is -0.120. The minimum Gasteiger partial charge on any atom is -0.348 e. The highest BCUT2D eigenvalue weighted by atomic mass is 32.2. The molecule has 1 atom stereocenters. The summed E-state index contributed by atoms with van der Waals surface area (Å²) in [6.45, 7) is 0.430. The van der Waals surface area contributed by atoms with E-state index in [1.807, 2.05) is 4.57 Å². The van der Waals surface area contributed by atoms with Gasteiger partial charge in [0.2, 0.25) is 5.91 Å². The lowest BCUT2D eigenvalue weighted by Crippen LogP contribution is -2.30. The number of thiophene rings is 1. The molecule has 2 aromatic rings. The van der Waals surface area contributed by atoms with Gasteiger partial charge in [-0.05, 0) is 54.2 Å². The van der Waals surface area contributed by atoms with Crippen molar-refractivity contribution in [3.05, 3.63) is 32.5 Å². The number of carbonyl (C=O) groups is 1. The van der Waals surface area contributed by atoms with E-state index in [4.69, 9.17) is 12.2 Å². The van der Waals surface area contributed by atoms with Crippen LogP contribution in [0.25, 0.3) is 0 Å². The van der Waals surface area contributed by atoms with Gasteiger partial charge >= 0.3 is 0 Å². The number of thioether (sulfide) groups is 1. The zero-order valence-electron chi connectivity index (χ0n) is 11.9. The van der Waals surface area contributed by atoms with E-state index in [1.54, 1.807) is 23.1 Å². The molecule has 2 aromatic heterocycles. The van der Waals surface area contributed by atoms with E-state index in [0.29, 0.717) is 17.4 Å². The zero-order chi connectivity index (χ0) is 15.1. The summed E-state index contributed by atoms with van der Waals surface area (Å²) in [7, 11) is 0. The Kier molecular flexibility index (Phi) is 3.83. The van der Waals surface area contributed by atoms with Crippen molar-refractivity contribution >= 4 is 41.2 Å². The monoisotopic (exact) mass is 352 g/mol. The molecule has 22 heavy (non-hydrogen) atoms. The number of nitrogens with zero attached hydrogens (tertiary/aromatic N) is 2. The van der Waals surface area contributed by atoms with Gasteiger partial charge < -0.3 is 5.32 Å². The van der Waals surface area contributed by atoms with E-state index in [1.165, 1.54) is 10.4 Å². The molecule has 0 saturated heterocycles. The Balaban J connectivity index is 1.47. The molecular formula is C14H16N4OS3. The van der Waals surface area contributed by atoms with Gasteiger partial charge in [-0.1, -0.05) is 0 Å². The maximum Gasteiger partial charge on any atom is 0.238 e. The summed E-state index contributed by atoms with van der Waals surface area (Å²) in [5.41, 5.74) is 1.18. The third-order valence-corrected chi connectivity index (χ3v) is 6.55. The fraction of sp³-hybridized carbons (Fsp3) is 0.500. The summed E-state index contributed by atoms with van der Waals surface area (Å²) in [6, 6.07) is 2.54. The number of nitrogens with one attached hydrogen (secondary N) is 2. The molecule has 5 nitrogen and oxygen atoms in total. The van der Waals surface area contributed by atoms with Crippen LogP contribution in [0.1, 0.15) is 40.4 Å². The van der Waals surface area contributed by atoms with Gasteiger partial charge in [0.15, 0.2) is 10.6 Å². The quantitative estimate of drug-likeness (QED) is 0.831. The van der Waals surface area contributed by atoms with Crippen LogP contribution in [-0.2, 0) is 17.8 Å². The summed E-state index contributed by atoms with van der Waals surface area (Å²) in [5.74, 6) is 1.90. The van der Waals surface area contributed by atoms with Gasteiger partial charge in [0.25, 0.3) is 0 Å². The normalized spacial score (nSPS) is 20.6. The van der Waals surface area contributed by atoms with Crippen LogP contribution in [0.2, 0.25) is 0 Å². The van der Waals surface area contributed by atoms with Gasteiger partial charge in [0, 0.05) is 10.9 Å². The number of fused-ring (bicyclic) bond motifs is 1. The maximum absolute atomic E-state index is 12.5. The van der Waals surface area contributed by atoms with Crippen LogP contribution in [-0.4, -0.2) is 26.4 Å². The number of aromatic nitrogens is 3. The number of carbonyl (C=O) groups excluding carboxylic acids is 1. The third-order valence-electron chi connectivity index (χ3n) is 4.02. The number of H-pyrrole nitrogens is 1.